The van der Waals surface area contributed by atoms with Gasteiger partial charge in [-0.05, 0) is 37.2 Å². The minimum Gasteiger partial charge on any atom is -0.300 e. The van der Waals surface area contributed by atoms with Crippen molar-refractivity contribution in [3.63, 3.8) is 0 Å². The highest BCUT2D eigenvalue weighted by Crippen LogP contribution is 2.35. The van der Waals surface area contributed by atoms with Gasteiger partial charge in [0.05, 0.1) is 0 Å². The zero-order valence-electron chi connectivity index (χ0n) is 8.79. The normalized spacial score (nSPS) is 26.9. The Bertz CT molecular complexity index is 243. The maximum atomic E-state index is 11.1. The van der Waals surface area contributed by atoms with Crippen molar-refractivity contribution in [2.75, 3.05) is 0 Å². The molecular formula is C12H18O2. The van der Waals surface area contributed by atoms with Gasteiger partial charge in [0.15, 0.2) is 0 Å². The summed E-state index contributed by atoms with van der Waals surface area (Å²) in [6.45, 7) is 5.40. The molecule has 0 aromatic heterocycles. The second-order valence-corrected chi connectivity index (χ2v) is 4.25. The molecule has 1 aliphatic rings. The molecule has 0 bridgehead atoms. The lowest BCUT2D eigenvalue weighted by molar-refractivity contribution is -0.118. The number of carbonyl (C=O) groups is 2. The van der Waals surface area contributed by atoms with E-state index in [-0.39, 0.29) is 11.7 Å². The first-order chi connectivity index (χ1) is 6.65. The van der Waals surface area contributed by atoms with Gasteiger partial charge < -0.3 is 4.79 Å². The van der Waals surface area contributed by atoms with E-state index in [1.54, 1.807) is 6.92 Å². The third-order valence-electron chi connectivity index (χ3n) is 3.09. The quantitative estimate of drug-likeness (QED) is 0.509. The molecule has 2 atom stereocenters. The van der Waals surface area contributed by atoms with Gasteiger partial charge >= 0.3 is 0 Å². The van der Waals surface area contributed by atoms with Crippen LogP contribution in [0.4, 0.5) is 0 Å². The van der Waals surface area contributed by atoms with Crippen molar-refractivity contribution in [3.05, 3.63) is 12.2 Å². The molecule has 0 N–H and O–H groups in total. The van der Waals surface area contributed by atoms with Crippen molar-refractivity contribution < 1.29 is 9.59 Å². The van der Waals surface area contributed by atoms with Crippen LogP contribution in [0.1, 0.15) is 39.0 Å². The molecule has 0 spiro atoms. The van der Waals surface area contributed by atoms with Crippen LogP contribution in [0.15, 0.2) is 12.2 Å². The van der Waals surface area contributed by atoms with E-state index in [1.165, 1.54) is 6.42 Å². The second-order valence-electron chi connectivity index (χ2n) is 4.25. The molecule has 0 aromatic rings. The van der Waals surface area contributed by atoms with Crippen molar-refractivity contribution >= 4 is 12.1 Å². The van der Waals surface area contributed by atoms with Gasteiger partial charge in [0.1, 0.15) is 12.1 Å². The molecule has 2 heteroatoms. The molecule has 0 radical (unpaired) electrons. The highest BCUT2D eigenvalue weighted by atomic mass is 16.1. The van der Waals surface area contributed by atoms with Crippen molar-refractivity contribution in [1.82, 2.24) is 0 Å². The molecular weight excluding hydrogens is 176 g/mol. The molecule has 0 heterocycles. The molecule has 0 amide bonds. The van der Waals surface area contributed by atoms with Crippen LogP contribution in [0.2, 0.25) is 0 Å². The number of Topliss-reactive ketones (excluding diaryl/α,β-unsaturated/α-hetero) is 1. The third-order valence-corrected chi connectivity index (χ3v) is 3.09. The van der Waals surface area contributed by atoms with Gasteiger partial charge in [-0.1, -0.05) is 19.4 Å². The summed E-state index contributed by atoms with van der Waals surface area (Å²) >= 11 is 0. The predicted octanol–water partition coefficient (Wildman–Crippen LogP) is 2.53. The fraction of sp³-hybridized carbons (Fsp3) is 0.667. The number of hydrogen-bond donors (Lipinski definition) is 0. The Morgan fingerprint density at radius 3 is 2.64 bits per heavy atom. The van der Waals surface area contributed by atoms with Gasteiger partial charge in [-0.3, -0.25) is 4.79 Å². The van der Waals surface area contributed by atoms with Crippen LogP contribution in [0.5, 0.6) is 0 Å². The van der Waals surface area contributed by atoms with E-state index in [1.807, 2.05) is 0 Å². The van der Waals surface area contributed by atoms with Crippen LogP contribution in [-0.4, -0.2) is 12.1 Å². The molecule has 78 valence electrons. The summed E-state index contributed by atoms with van der Waals surface area (Å²) in [5.74, 6) is 0.838. The standard InChI is InChI=1S/C12H18O2/c1-9(8-13)12-6-4-3-5-11(12)7-10(2)14/h8,11-12H,1,3-7H2,2H3/t11-,12+/m0/s1. The lowest BCUT2D eigenvalue weighted by atomic mass is 9.74. The number of carbonyl (C=O) groups excluding carboxylic acids is 2. The lowest BCUT2D eigenvalue weighted by Crippen LogP contribution is -2.23. The first-order valence-electron chi connectivity index (χ1n) is 5.28. The summed E-state index contributed by atoms with van der Waals surface area (Å²) in [5.41, 5.74) is 0.677. The Kier molecular flexibility index (Phi) is 4.05. The van der Waals surface area contributed by atoms with E-state index < -0.39 is 0 Å². The average Bonchev–Trinajstić information content (AvgIpc) is 2.16. The molecule has 14 heavy (non-hydrogen) atoms. The van der Waals surface area contributed by atoms with E-state index in [9.17, 15) is 9.59 Å². The molecule has 0 aliphatic heterocycles. The van der Waals surface area contributed by atoms with Crippen LogP contribution >= 0.6 is 0 Å². The van der Waals surface area contributed by atoms with E-state index in [0.29, 0.717) is 17.9 Å². The van der Waals surface area contributed by atoms with E-state index in [2.05, 4.69) is 6.58 Å². The molecule has 1 aliphatic carbocycles. The van der Waals surface area contributed by atoms with Crippen LogP contribution in [0.25, 0.3) is 0 Å². The molecule has 1 fully saturated rings. The molecule has 1 rings (SSSR count). The van der Waals surface area contributed by atoms with E-state index in [4.69, 9.17) is 0 Å². The molecule has 2 nitrogen and oxygen atoms in total. The van der Waals surface area contributed by atoms with Gasteiger partial charge in [-0.2, -0.15) is 0 Å². The fourth-order valence-corrected chi connectivity index (χ4v) is 2.40. The van der Waals surface area contributed by atoms with Crippen molar-refractivity contribution in [2.45, 2.75) is 39.0 Å². The maximum Gasteiger partial charge on any atom is 0.145 e. The summed E-state index contributed by atoms with van der Waals surface area (Å²) in [4.78, 5) is 21.7. The molecule has 0 saturated heterocycles. The minimum absolute atomic E-state index is 0.223. The van der Waals surface area contributed by atoms with Gasteiger partial charge in [0.25, 0.3) is 0 Å². The Hall–Kier alpha value is -0.920. The lowest BCUT2D eigenvalue weighted by Gasteiger charge is -2.30. The van der Waals surface area contributed by atoms with Crippen molar-refractivity contribution in [3.8, 4) is 0 Å². The Balaban J connectivity index is 2.63. The zero-order chi connectivity index (χ0) is 10.6. The number of rotatable bonds is 4. The van der Waals surface area contributed by atoms with Crippen LogP contribution < -0.4 is 0 Å². The SMILES string of the molecule is C=C(C=O)[C@H]1CCCC[C@H]1CC(C)=O. The number of allylic oxidation sites excluding steroid dienone is 1. The summed E-state index contributed by atoms with van der Waals surface area (Å²) in [7, 11) is 0. The van der Waals surface area contributed by atoms with Crippen molar-refractivity contribution in [1.29, 1.82) is 0 Å². The monoisotopic (exact) mass is 194 g/mol. The Morgan fingerprint density at radius 1 is 1.43 bits per heavy atom. The van der Waals surface area contributed by atoms with Crippen LogP contribution in [-0.2, 0) is 9.59 Å². The summed E-state index contributed by atoms with van der Waals surface area (Å²) in [6, 6.07) is 0. The first-order valence-corrected chi connectivity index (χ1v) is 5.28. The largest absolute Gasteiger partial charge is 0.300 e. The minimum atomic E-state index is 0.223. The number of ketones is 1. The highest BCUT2D eigenvalue weighted by molar-refractivity contribution is 5.77. The van der Waals surface area contributed by atoms with Gasteiger partial charge in [-0.15, -0.1) is 0 Å². The Labute approximate surface area is 85.4 Å². The molecule has 1 saturated carbocycles. The molecule has 0 unspecified atom stereocenters. The summed E-state index contributed by atoms with van der Waals surface area (Å²) < 4.78 is 0. The van der Waals surface area contributed by atoms with Crippen LogP contribution in [0.3, 0.4) is 0 Å². The fourth-order valence-electron chi connectivity index (χ4n) is 2.40. The van der Waals surface area contributed by atoms with Gasteiger partial charge in [-0.25, -0.2) is 0 Å². The van der Waals surface area contributed by atoms with Gasteiger partial charge in [0, 0.05) is 6.42 Å². The number of aldehydes is 1. The average molecular weight is 194 g/mol. The highest BCUT2D eigenvalue weighted by Gasteiger charge is 2.27. The number of hydrogen-bond acceptors (Lipinski definition) is 2. The second kappa shape index (κ2) is 5.08. The Morgan fingerprint density at radius 2 is 2.07 bits per heavy atom. The predicted molar refractivity (Wildman–Crippen MR) is 56.0 cm³/mol. The third kappa shape index (κ3) is 2.79. The smallest absolute Gasteiger partial charge is 0.145 e. The van der Waals surface area contributed by atoms with Crippen molar-refractivity contribution in [2.24, 2.45) is 11.8 Å². The topological polar surface area (TPSA) is 34.1 Å². The van der Waals surface area contributed by atoms with E-state index >= 15 is 0 Å². The van der Waals surface area contributed by atoms with Crippen LogP contribution in [0, 0.1) is 11.8 Å². The zero-order valence-corrected chi connectivity index (χ0v) is 8.79. The first kappa shape index (κ1) is 11.2. The summed E-state index contributed by atoms with van der Waals surface area (Å²) in [5, 5.41) is 0. The van der Waals surface area contributed by atoms with E-state index in [0.717, 1.165) is 25.5 Å². The molecule has 0 aromatic carbocycles. The van der Waals surface area contributed by atoms with Gasteiger partial charge in [0.2, 0.25) is 0 Å². The maximum absolute atomic E-state index is 11.1. The summed E-state index contributed by atoms with van der Waals surface area (Å²) in [6.07, 6.45) is 5.89.